The third kappa shape index (κ3) is 6.54. The van der Waals surface area contributed by atoms with Crippen LogP contribution in [0.25, 0.3) is 0 Å². The van der Waals surface area contributed by atoms with Crippen molar-refractivity contribution < 1.29 is 26.7 Å². The van der Waals surface area contributed by atoms with Gasteiger partial charge in [0.1, 0.15) is 15.6 Å². The highest BCUT2D eigenvalue weighted by Gasteiger charge is 2.17. The van der Waals surface area contributed by atoms with E-state index in [1.54, 1.807) is 0 Å². The molecule has 124 valence electrons. The predicted octanol–water partition coefficient (Wildman–Crippen LogP) is 1.64. The van der Waals surface area contributed by atoms with Gasteiger partial charge in [-0.15, -0.1) is 0 Å². The van der Waals surface area contributed by atoms with Crippen molar-refractivity contribution in [3.8, 4) is 5.75 Å². The van der Waals surface area contributed by atoms with E-state index < -0.39 is 28.4 Å². The minimum atomic E-state index is -3.22. The normalized spacial score (nSPS) is 13.0. The van der Waals surface area contributed by atoms with Crippen LogP contribution in [-0.4, -0.2) is 39.0 Å². The zero-order valence-corrected chi connectivity index (χ0v) is 13.1. The second-order valence-electron chi connectivity index (χ2n) is 4.54. The fourth-order valence-electron chi connectivity index (χ4n) is 1.48. The van der Waals surface area contributed by atoms with Crippen LogP contribution in [0.2, 0.25) is 5.02 Å². The molecule has 1 unspecified atom stereocenters. The van der Waals surface area contributed by atoms with E-state index in [9.17, 15) is 22.0 Å². The Morgan fingerprint density at radius 2 is 2.09 bits per heavy atom. The van der Waals surface area contributed by atoms with Crippen molar-refractivity contribution in [2.45, 2.75) is 19.1 Å². The van der Waals surface area contributed by atoms with Crippen LogP contribution < -0.4 is 15.8 Å². The summed E-state index contributed by atoms with van der Waals surface area (Å²) in [6, 6.07) is 2.68. The summed E-state index contributed by atoms with van der Waals surface area (Å²) in [5.41, 5.74) is 5.80. The Morgan fingerprint density at radius 1 is 1.45 bits per heavy atom. The van der Waals surface area contributed by atoms with Crippen LogP contribution in [0.4, 0.5) is 14.5 Å². The van der Waals surface area contributed by atoms with Crippen molar-refractivity contribution in [1.29, 1.82) is 0 Å². The van der Waals surface area contributed by atoms with E-state index in [1.807, 2.05) is 0 Å². The van der Waals surface area contributed by atoms with Crippen LogP contribution in [0, 0.1) is 0 Å². The summed E-state index contributed by atoms with van der Waals surface area (Å²) < 4.78 is 50.3. The maximum atomic E-state index is 12.1. The molecule has 0 aliphatic heterocycles. The number of nitrogens with two attached hydrogens (primary N) is 1. The van der Waals surface area contributed by atoms with Gasteiger partial charge in [0.25, 0.3) is 0 Å². The van der Waals surface area contributed by atoms with E-state index in [0.29, 0.717) is 0 Å². The SMILES string of the molecule is CS(=O)(=O)CCC(N)C(=O)Nc1ccc(OC(F)F)c(Cl)c1. The second-order valence-corrected chi connectivity index (χ2v) is 7.20. The number of hydrogen-bond donors (Lipinski definition) is 2. The van der Waals surface area contributed by atoms with Gasteiger partial charge in [-0.05, 0) is 24.6 Å². The van der Waals surface area contributed by atoms with Crippen LogP contribution in [-0.2, 0) is 14.6 Å². The molecule has 0 spiro atoms. The molecule has 10 heteroatoms. The number of ether oxygens (including phenoxy) is 1. The van der Waals surface area contributed by atoms with Gasteiger partial charge in [0.15, 0.2) is 0 Å². The first kappa shape index (κ1) is 18.6. The molecule has 22 heavy (non-hydrogen) atoms. The molecule has 1 aromatic rings. The lowest BCUT2D eigenvalue weighted by Gasteiger charge is -2.13. The predicted molar refractivity (Wildman–Crippen MR) is 79.0 cm³/mol. The van der Waals surface area contributed by atoms with E-state index in [1.165, 1.54) is 18.2 Å². The molecule has 1 rings (SSSR count). The van der Waals surface area contributed by atoms with Crippen LogP contribution in [0.3, 0.4) is 0 Å². The lowest BCUT2D eigenvalue weighted by Crippen LogP contribution is -2.37. The van der Waals surface area contributed by atoms with Gasteiger partial charge in [0.05, 0.1) is 16.8 Å². The van der Waals surface area contributed by atoms with Gasteiger partial charge in [-0.25, -0.2) is 8.42 Å². The summed E-state index contributed by atoms with van der Waals surface area (Å²) in [5.74, 6) is -1.05. The molecule has 0 radical (unpaired) electrons. The molecule has 0 saturated heterocycles. The van der Waals surface area contributed by atoms with E-state index in [-0.39, 0.29) is 28.6 Å². The van der Waals surface area contributed by atoms with Gasteiger partial charge in [0.2, 0.25) is 5.91 Å². The molecule has 0 aromatic heterocycles. The largest absolute Gasteiger partial charge is 0.433 e. The summed E-state index contributed by atoms with van der Waals surface area (Å²) in [6.07, 6.45) is 1.00. The van der Waals surface area contributed by atoms with Gasteiger partial charge < -0.3 is 15.8 Å². The Morgan fingerprint density at radius 3 is 2.59 bits per heavy atom. The van der Waals surface area contributed by atoms with Crippen LogP contribution in [0.1, 0.15) is 6.42 Å². The molecule has 0 heterocycles. The number of carbonyl (C=O) groups is 1. The lowest BCUT2D eigenvalue weighted by molar-refractivity contribution is -0.117. The minimum absolute atomic E-state index is 0.0367. The highest BCUT2D eigenvalue weighted by molar-refractivity contribution is 7.90. The molecular weight excluding hydrogens is 342 g/mol. The highest BCUT2D eigenvalue weighted by Crippen LogP contribution is 2.28. The summed E-state index contributed by atoms with van der Waals surface area (Å²) in [5, 5.41) is 2.30. The van der Waals surface area contributed by atoms with Crippen LogP contribution in [0.5, 0.6) is 5.75 Å². The van der Waals surface area contributed by atoms with Crippen LogP contribution in [0.15, 0.2) is 18.2 Å². The van der Waals surface area contributed by atoms with E-state index in [4.69, 9.17) is 17.3 Å². The van der Waals surface area contributed by atoms with Gasteiger partial charge in [0, 0.05) is 11.9 Å². The fourth-order valence-corrected chi connectivity index (χ4v) is 2.38. The van der Waals surface area contributed by atoms with Crippen molar-refractivity contribution >= 4 is 33.0 Å². The zero-order valence-electron chi connectivity index (χ0n) is 11.6. The minimum Gasteiger partial charge on any atom is -0.433 e. The number of rotatable bonds is 7. The van der Waals surface area contributed by atoms with E-state index in [2.05, 4.69) is 10.1 Å². The molecule has 0 bridgehead atoms. The zero-order chi connectivity index (χ0) is 16.9. The molecule has 0 aliphatic rings. The Labute approximate surface area is 131 Å². The van der Waals surface area contributed by atoms with E-state index >= 15 is 0 Å². The number of nitrogens with one attached hydrogen (secondary N) is 1. The second kappa shape index (κ2) is 7.70. The van der Waals surface area contributed by atoms with Gasteiger partial charge in [-0.1, -0.05) is 11.6 Å². The Balaban J connectivity index is 2.66. The summed E-state index contributed by atoms with van der Waals surface area (Å²) in [7, 11) is -3.22. The average Bonchev–Trinajstić information content (AvgIpc) is 2.37. The maximum absolute atomic E-state index is 12.1. The summed E-state index contributed by atoms with van der Waals surface area (Å²) in [4.78, 5) is 11.8. The first-order valence-corrected chi connectivity index (χ1v) is 8.51. The standard InChI is InChI=1S/C12H15ClF2N2O4S/c1-22(19,20)5-4-9(16)11(18)17-7-2-3-10(8(13)6-7)21-12(14)15/h2-3,6,9,12H,4-5,16H2,1H3,(H,17,18). The smallest absolute Gasteiger partial charge is 0.387 e. The third-order valence-electron chi connectivity index (χ3n) is 2.55. The van der Waals surface area contributed by atoms with E-state index in [0.717, 1.165) is 6.26 Å². The van der Waals surface area contributed by atoms with Gasteiger partial charge in [-0.2, -0.15) is 8.78 Å². The van der Waals surface area contributed by atoms with Crippen molar-refractivity contribution in [2.75, 3.05) is 17.3 Å². The number of halogens is 3. The topological polar surface area (TPSA) is 98.5 Å². The maximum Gasteiger partial charge on any atom is 0.387 e. The van der Waals surface area contributed by atoms with Gasteiger partial charge >= 0.3 is 6.61 Å². The molecule has 3 N–H and O–H groups in total. The number of carbonyl (C=O) groups excluding carboxylic acids is 1. The number of hydrogen-bond acceptors (Lipinski definition) is 5. The van der Waals surface area contributed by atoms with Crippen molar-refractivity contribution in [3.63, 3.8) is 0 Å². The Kier molecular flexibility index (Phi) is 6.51. The lowest BCUT2D eigenvalue weighted by atomic mass is 10.2. The Bertz CT molecular complexity index is 640. The van der Waals surface area contributed by atoms with Gasteiger partial charge in [-0.3, -0.25) is 4.79 Å². The molecule has 0 saturated carbocycles. The molecule has 1 atom stereocenters. The molecule has 0 aliphatic carbocycles. The number of anilines is 1. The first-order valence-electron chi connectivity index (χ1n) is 6.07. The van der Waals surface area contributed by atoms with Crippen molar-refractivity contribution in [2.24, 2.45) is 5.73 Å². The first-order chi connectivity index (χ1) is 10.1. The summed E-state index contributed by atoms with van der Waals surface area (Å²) in [6.45, 7) is -3.01. The molecule has 0 fully saturated rings. The van der Waals surface area contributed by atoms with Crippen LogP contribution >= 0.6 is 11.6 Å². The Hall–Kier alpha value is -1.45. The van der Waals surface area contributed by atoms with Crippen molar-refractivity contribution in [3.05, 3.63) is 23.2 Å². The molecule has 1 aromatic carbocycles. The monoisotopic (exact) mass is 356 g/mol. The number of amides is 1. The number of sulfone groups is 1. The van der Waals surface area contributed by atoms with Crippen molar-refractivity contribution in [1.82, 2.24) is 0 Å². The molecular formula is C12H15ClF2N2O4S. The average molecular weight is 357 g/mol. The highest BCUT2D eigenvalue weighted by atomic mass is 35.5. The number of benzene rings is 1. The summed E-state index contributed by atoms with van der Waals surface area (Å²) >= 11 is 5.74. The third-order valence-corrected chi connectivity index (χ3v) is 3.82. The molecule has 1 amide bonds. The molecule has 6 nitrogen and oxygen atoms in total. The quantitative estimate of drug-likeness (QED) is 0.774. The fraction of sp³-hybridized carbons (Fsp3) is 0.417. The number of alkyl halides is 2.